The number of fused-ring (bicyclic) bond motifs is 3. The van der Waals surface area contributed by atoms with Crippen LogP contribution in [0.15, 0.2) is 42.5 Å². The molecule has 2 aromatic rings. The molecule has 0 radical (unpaired) electrons. The van der Waals surface area contributed by atoms with E-state index in [1.54, 1.807) is 0 Å². The van der Waals surface area contributed by atoms with Gasteiger partial charge < -0.3 is 5.32 Å². The second-order valence-electron chi connectivity index (χ2n) is 4.94. The minimum absolute atomic E-state index is 0.109. The van der Waals surface area contributed by atoms with Crippen LogP contribution >= 0.6 is 0 Å². The van der Waals surface area contributed by atoms with Crippen molar-refractivity contribution in [2.24, 2.45) is 0 Å². The molecule has 2 nitrogen and oxygen atoms in total. The number of nitrogens with zero attached hydrogens (tertiary/aromatic N) is 1. The number of hydrogen-bond acceptors (Lipinski definition) is 2. The third-order valence-electron chi connectivity index (χ3n) is 3.70. The Morgan fingerprint density at radius 3 is 2.74 bits per heavy atom. The molecule has 0 fully saturated rings. The Hall–Kier alpha value is -2.27. The molecule has 0 saturated heterocycles. The molecule has 0 amide bonds. The molecule has 0 bridgehead atoms. The van der Waals surface area contributed by atoms with E-state index >= 15 is 0 Å². The highest BCUT2D eigenvalue weighted by Crippen LogP contribution is 2.37. The lowest BCUT2D eigenvalue weighted by molar-refractivity contribution is 0.845. The van der Waals surface area contributed by atoms with Crippen molar-refractivity contribution in [1.82, 2.24) is 0 Å². The summed E-state index contributed by atoms with van der Waals surface area (Å²) < 4.78 is 0. The van der Waals surface area contributed by atoms with E-state index in [-0.39, 0.29) is 6.04 Å². The molecule has 2 aromatic carbocycles. The Bertz CT molecular complexity index is 653. The van der Waals surface area contributed by atoms with Crippen molar-refractivity contribution in [1.29, 1.82) is 5.26 Å². The van der Waals surface area contributed by atoms with Gasteiger partial charge in [-0.1, -0.05) is 37.3 Å². The van der Waals surface area contributed by atoms with Crippen LogP contribution in [0.2, 0.25) is 0 Å². The van der Waals surface area contributed by atoms with Crippen molar-refractivity contribution in [2.75, 3.05) is 5.32 Å². The Kier molecular flexibility index (Phi) is 2.97. The van der Waals surface area contributed by atoms with Gasteiger partial charge in [0.15, 0.2) is 0 Å². The van der Waals surface area contributed by atoms with Gasteiger partial charge in [0.25, 0.3) is 0 Å². The fraction of sp³-hybridized carbons (Fsp3) is 0.235. The van der Waals surface area contributed by atoms with Gasteiger partial charge in [0.2, 0.25) is 0 Å². The molecule has 1 N–H and O–H groups in total. The van der Waals surface area contributed by atoms with Crippen LogP contribution in [-0.2, 0) is 6.42 Å². The van der Waals surface area contributed by atoms with E-state index in [0.717, 1.165) is 18.5 Å². The standard InChI is InChI=1S/C17H16N2/c1-2-14(11-18)19-15-7-8-17-13(10-15)9-12-5-3-4-6-16(12)17/h3-8,10,14,19H,2,9H2,1H3. The van der Waals surface area contributed by atoms with Crippen LogP contribution in [-0.4, -0.2) is 6.04 Å². The number of nitrogens with one attached hydrogen (secondary N) is 1. The number of anilines is 1. The molecule has 1 aliphatic rings. The fourth-order valence-corrected chi connectivity index (χ4v) is 2.66. The van der Waals surface area contributed by atoms with Crippen molar-refractivity contribution < 1.29 is 0 Å². The second kappa shape index (κ2) is 4.78. The van der Waals surface area contributed by atoms with Crippen LogP contribution in [0, 0.1) is 11.3 Å². The third kappa shape index (κ3) is 2.08. The quantitative estimate of drug-likeness (QED) is 0.761. The van der Waals surface area contributed by atoms with E-state index in [9.17, 15) is 0 Å². The minimum atomic E-state index is -0.109. The predicted octanol–water partition coefficient (Wildman–Crippen LogP) is 3.97. The molecule has 19 heavy (non-hydrogen) atoms. The molecule has 0 aromatic heterocycles. The summed E-state index contributed by atoms with van der Waals surface area (Å²) in [5.41, 5.74) is 6.45. The molecule has 94 valence electrons. The first kappa shape index (κ1) is 11.8. The number of hydrogen-bond donors (Lipinski definition) is 1. The van der Waals surface area contributed by atoms with E-state index in [4.69, 9.17) is 5.26 Å². The summed E-state index contributed by atoms with van der Waals surface area (Å²) in [4.78, 5) is 0. The van der Waals surface area contributed by atoms with Crippen molar-refractivity contribution in [3.05, 3.63) is 53.6 Å². The van der Waals surface area contributed by atoms with Crippen molar-refractivity contribution in [3.8, 4) is 17.2 Å². The Labute approximate surface area is 113 Å². The van der Waals surface area contributed by atoms with Gasteiger partial charge in [0.05, 0.1) is 6.07 Å². The van der Waals surface area contributed by atoms with Crippen LogP contribution < -0.4 is 5.32 Å². The maximum absolute atomic E-state index is 9.01. The van der Waals surface area contributed by atoms with Crippen LogP contribution in [0.5, 0.6) is 0 Å². The monoisotopic (exact) mass is 248 g/mol. The first-order valence-corrected chi connectivity index (χ1v) is 6.69. The molecule has 0 heterocycles. The summed E-state index contributed by atoms with van der Waals surface area (Å²) >= 11 is 0. The molecular weight excluding hydrogens is 232 g/mol. The molecule has 3 rings (SSSR count). The lowest BCUT2D eigenvalue weighted by Gasteiger charge is -2.12. The predicted molar refractivity (Wildman–Crippen MR) is 78.0 cm³/mol. The maximum atomic E-state index is 9.01. The largest absolute Gasteiger partial charge is 0.370 e. The van der Waals surface area contributed by atoms with Gasteiger partial charge >= 0.3 is 0 Å². The maximum Gasteiger partial charge on any atom is 0.114 e. The fourth-order valence-electron chi connectivity index (χ4n) is 2.66. The minimum Gasteiger partial charge on any atom is -0.370 e. The number of rotatable bonds is 3. The zero-order valence-electron chi connectivity index (χ0n) is 11.0. The van der Waals surface area contributed by atoms with Gasteiger partial charge in [0, 0.05) is 5.69 Å². The van der Waals surface area contributed by atoms with E-state index < -0.39 is 0 Å². The summed E-state index contributed by atoms with van der Waals surface area (Å²) in [6.07, 6.45) is 1.80. The molecule has 0 saturated carbocycles. The van der Waals surface area contributed by atoms with E-state index in [2.05, 4.69) is 53.9 Å². The molecule has 0 aliphatic heterocycles. The SMILES string of the molecule is CCC(C#N)Nc1ccc2c(c1)Cc1ccccc1-2. The number of benzene rings is 2. The Morgan fingerprint density at radius 2 is 1.95 bits per heavy atom. The first-order chi connectivity index (χ1) is 9.31. The van der Waals surface area contributed by atoms with Crippen LogP contribution in [0.1, 0.15) is 24.5 Å². The van der Waals surface area contributed by atoms with Crippen LogP contribution in [0.25, 0.3) is 11.1 Å². The molecule has 2 heteroatoms. The molecule has 1 aliphatic carbocycles. The van der Waals surface area contributed by atoms with Crippen molar-refractivity contribution in [2.45, 2.75) is 25.8 Å². The zero-order chi connectivity index (χ0) is 13.2. The van der Waals surface area contributed by atoms with Gasteiger partial charge in [-0.3, -0.25) is 0 Å². The van der Waals surface area contributed by atoms with Gasteiger partial charge in [-0.2, -0.15) is 5.26 Å². The molecular formula is C17H16N2. The van der Waals surface area contributed by atoms with Crippen LogP contribution in [0.3, 0.4) is 0 Å². The highest BCUT2D eigenvalue weighted by molar-refractivity contribution is 5.78. The topological polar surface area (TPSA) is 35.8 Å². The van der Waals surface area contributed by atoms with Gasteiger partial charge in [-0.15, -0.1) is 0 Å². The highest BCUT2D eigenvalue weighted by atomic mass is 14.9. The smallest absolute Gasteiger partial charge is 0.114 e. The first-order valence-electron chi connectivity index (χ1n) is 6.69. The lowest BCUT2D eigenvalue weighted by Crippen LogP contribution is -2.15. The van der Waals surface area contributed by atoms with E-state index in [1.165, 1.54) is 22.3 Å². The normalized spacial score (nSPS) is 13.3. The Balaban J connectivity index is 1.92. The van der Waals surface area contributed by atoms with E-state index in [0.29, 0.717) is 0 Å². The van der Waals surface area contributed by atoms with Crippen molar-refractivity contribution in [3.63, 3.8) is 0 Å². The molecule has 1 atom stereocenters. The summed E-state index contributed by atoms with van der Waals surface area (Å²) in [5, 5.41) is 12.3. The average Bonchev–Trinajstić information content (AvgIpc) is 2.82. The van der Waals surface area contributed by atoms with Crippen LogP contribution in [0.4, 0.5) is 5.69 Å². The van der Waals surface area contributed by atoms with Gasteiger partial charge in [0.1, 0.15) is 6.04 Å². The van der Waals surface area contributed by atoms with Crippen molar-refractivity contribution >= 4 is 5.69 Å². The summed E-state index contributed by atoms with van der Waals surface area (Å²) in [7, 11) is 0. The Morgan fingerprint density at radius 1 is 1.16 bits per heavy atom. The summed E-state index contributed by atoms with van der Waals surface area (Å²) in [5.74, 6) is 0. The number of nitriles is 1. The van der Waals surface area contributed by atoms with Gasteiger partial charge in [-0.05, 0) is 47.2 Å². The average molecular weight is 248 g/mol. The third-order valence-corrected chi connectivity index (χ3v) is 3.70. The second-order valence-corrected chi connectivity index (χ2v) is 4.94. The molecule has 0 spiro atoms. The zero-order valence-corrected chi connectivity index (χ0v) is 11.0. The van der Waals surface area contributed by atoms with E-state index in [1.807, 2.05) is 6.92 Å². The van der Waals surface area contributed by atoms with Gasteiger partial charge in [-0.25, -0.2) is 0 Å². The summed E-state index contributed by atoms with van der Waals surface area (Å²) in [6.45, 7) is 2.02. The molecule has 1 unspecified atom stereocenters. The lowest BCUT2D eigenvalue weighted by atomic mass is 10.1. The summed E-state index contributed by atoms with van der Waals surface area (Å²) in [6, 6.07) is 17.1. The highest BCUT2D eigenvalue weighted by Gasteiger charge is 2.18.